The maximum Gasteiger partial charge on any atom is 0.277 e. The van der Waals surface area contributed by atoms with Crippen LogP contribution in [-0.2, 0) is 16.0 Å². The van der Waals surface area contributed by atoms with E-state index in [0.717, 1.165) is 53.7 Å². The van der Waals surface area contributed by atoms with Crippen LogP contribution in [0.2, 0.25) is 0 Å². The van der Waals surface area contributed by atoms with Crippen molar-refractivity contribution in [3.63, 3.8) is 0 Å². The minimum atomic E-state index is -0.210. The summed E-state index contributed by atoms with van der Waals surface area (Å²) < 4.78 is 5.28. The van der Waals surface area contributed by atoms with Crippen LogP contribution in [0.3, 0.4) is 0 Å². The lowest BCUT2D eigenvalue weighted by atomic mass is 9.98. The van der Waals surface area contributed by atoms with Crippen molar-refractivity contribution in [1.29, 1.82) is 0 Å². The Morgan fingerprint density at radius 2 is 1.85 bits per heavy atom. The van der Waals surface area contributed by atoms with Crippen molar-refractivity contribution in [2.24, 2.45) is 5.92 Å². The Kier molecular flexibility index (Phi) is 5.67. The summed E-state index contributed by atoms with van der Waals surface area (Å²) in [5.74, 6) is 0.824. The molecule has 1 unspecified atom stereocenters. The van der Waals surface area contributed by atoms with Crippen LogP contribution >= 0.6 is 0 Å². The van der Waals surface area contributed by atoms with Gasteiger partial charge in [-0.3, -0.25) is 14.5 Å². The number of para-hydroxylation sites is 1. The molecule has 0 spiro atoms. The third kappa shape index (κ3) is 3.90. The fourth-order valence-electron chi connectivity index (χ4n) is 5.04. The largest absolute Gasteiger partial charge is 0.497 e. The van der Waals surface area contributed by atoms with E-state index in [9.17, 15) is 9.59 Å². The minimum Gasteiger partial charge on any atom is -0.497 e. The first kappa shape index (κ1) is 21.3. The van der Waals surface area contributed by atoms with Gasteiger partial charge >= 0.3 is 0 Å². The summed E-state index contributed by atoms with van der Waals surface area (Å²) in [6.07, 6.45) is 4.76. The van der Waals surface area contributed by atoms with Crippen molar-refractivity contribution in [2.75, 3.05) is 26.7 Å². The number of hydrogen-bond acceptors (Lipinski definition) is 4. The van der Waals surface area contributed by atoms with Crippen LogP contribution in [0.4, 0.5) is 0 Å². The average Bonchev–Trinajstić information content (AvgIpc) is 3.36. The molecule has 6 heteroatoms. The maximum atomic E-state index is 13.6. The van der Waals surface area contributed by atoms with E-state index in [0.29, 0.717) is 30.2 Å². The molecule has 2 aliphatic heterocycles. The number of amides is 2. The molecule has 1 fully saturated rings. The van der Waals surface area contributed by atoms with E-state index < -0.39 is 0 Å². The van der Waals surface area contributed by atoms with Crippen LogP contribution in [-0.4, -0.2) is 53.3 Å². The van der Waals surface area contributed by atoms with Crippen LogP contribution in [0.25, 0.3) is 16.5 Å². The van der Waals surface area contributed by atoms with Gasteiger partial charge < -0.3 is 14.6 Å². The van der Waals surface area contributed by atoms with Gasteiger partial charge in [-0.25, -0.2) is 0 Å². The van der Waals surface area contributed by atoms with Gasteiger partial charge in [0.05, 0.1) is 12.7 Å². The van der Waals surface area contributed by atoms with Crippen LogP contribution in [0.15, 0.2) is 60.4 Å². The van der Waals surface area contributed by atoms with Gasteiger partial charge in [0.2, 0.25) is 0 Å². The number of nitrogens with one attached hydrogen (secondary N) is 1. The molecule has 2 amide bonds. The number of carbonyl (C=O) groups excluding carboxylic acids is 2. The van der Waals surface area contributed by atoms with Crippen molar-refractivity contribution in [2.45, 2.75) is 26.2 Å². The lowest BCUT2D eigenvalue weighted by Gasteiger charge is -2.33. The zero-order valence-electron chi connectivity index (χ0n) is 19.1. The molecule has 0 bridgehead atoms. The fourth-order valence-corrected chi connectivity index (χ4v) is 5.04. The third-order valence-electron chi connectivity index (χ3n) is 6.78. The molecule has 3 heterocycles. The van der Waals surface area contributed by atoms with Crippen molar-refractivity contribution >= 4 is 28.3 Å². The fraction of sp³-hybridized carbons (Fsp3) is 0.333. The lowest BCUT2D eigenvalue weighted by Crippen LogP contribution is -2.39. The Labute approximate surface area is 193 Å². The SMILES string of the molecule is COc1ccc(C2=C(N3CCCC(C)C3)C(=O)N(CCc3c[nH]c4ccccc34)C2=O)cc1. The van der Waals surface area contributed by atoms with E-state index in [1.54, 1.807) is 7.11 Å². The Hall–Kier alpha value is -3.54. The number of ether oxygens (including phenoxy) is 1. The number of imide groups is 1. The van der Waals surface area contributed by atoms with Gasteiger partial charge in [-0.1, -0.05) is 37.3 Å². The molecule has 6 nitrogen and oxygen atoms in total. The van der Waals surface area contributed by atoms with Crippen molar-refractivity contribution in [3.05, 3.63) is 71.6 Å². The smallest absolute Gasteiger partial charge is 0.277 e. The molecule has 0 aliphatic carbocycles. The number of carbonyl (C=O) groups is 2. The van der Waals surface area contributed by atoms with Gasteiger partial charge in [0.25, 0.3) is 11.8 Å². The molecule has 1 atom stereocenters. The number of hydrogen-bond donors (Lipinski definition) is 1. The molecule has 2 aromatic carbocycles. The zero-order chi connectivity index (χ0) is 22.9. The summed E-state index contributed by atoms with van der Waals surface area (Å²) in [6.45, 7) is 4.15. The predicted molar refractivity (Wildman–Crippen MR) is 129 cm³/mol. The monoisotopic (exact) mass is 443 g/mol. The van der Waals surface area contributed by atoms with Crippen LogP contribution in [0.5, 0.6) is 5.75 Å². The molecule has 33 heavy (non-hydrogen) atoms. The molecule has 0 saturated carbocycles. The number of likely N-dealkylation sites (tertiary alicyclic amines) is 1. The third-order valence-corrected chi connectivity index (χ3v) is 6.78. The van der Waals surface area contributed by atoms with Gasteiger partial charge in [0.1, 0.15) is 11.4 Å². The van der Waals surface area contributed by atoms with E-state index in [-0.39, 0.29) is 11.8 Å². The number of H-pyrrole nitrogens is 1. The van der Waals surface area contributed by atoms with Crippen LogP contribution in [0.1, 0.15) is 30.9 Å². The van der Waals surface area contributed by atoms with E-state index in [1.807, 2.05) is 48.7 Å². The minimum absolute atomic E-state index is 0.181. The molecule has 3 aromatic rings. The predicted octanol–water partition coefficient (Wildman–Crippen LogP) is 4.23. The summed E-state index contributed by atoms with van der Waals surface area (Å²) in [5.41, 5.74) is 3.99. The number of benzene rings is 2. The summed E-state index contributed by atoms with van der Waals surface area (Å²) >= 11 is 0. The normalized spacial score (nSPS) is 19.2. The number of aromatic amines is 1. The molecular formula is C27H29N3O3. The maximum absolute atomic E-state index is 13.6. The quantitative estimate of drug-likeness (QED) is 0.579. The van der Waals surface area contributed by atoms with Gasteiger partial charge in [-0.2, -0.15) is 0 Å². The highest BCUT2D eigenvalue weighted by atomic mass is 16.5. The number of methoxy groups -OCH3 is 1. The second-order valence-electron chi connectivity index (χ2n) is 9.02. The molecule has 1 saturated heterocycles. The topological polar surface area (TPSA) is 65.6 Å². The molecule has 0 radical (unpaired) electrons. The van der Waals surface area contributed by atoms with Crippen LogP contribution < -0.4 is 4.74 Å². The molecule has 1 aromatic heterocycles. The number of aromatic nitrogens is 1. The molecule has 170 valence electrons. The summed E-state index contributed by atoms with van der Waals surface area (Å²) in [4.78, 5) is 34.1. The van der Waals surface area contributed by atoms with Gasteiger partial charge in [0, 0.05) is 36.7 Å². The first-order chi connectivity index (χ1) is 16.1. The zero-order valence-corrected chi connectivity index (χ0v) is 19.1. The molecule has 1 N–H and O–H groups in total. The number of piperidine rings is 1. The Morgan fingerprint density at radius 1 is 1.06 bits per heavy atom. The van der Waals surface area contributed by atoms with E-state index in [4.69, 9.17) is 4.74 Å². The average molecular weight is 444 g/mol. The number of fused-ring (bicyclic) bond motifs is 1. The Morgan fingerprint density at radius 3 is 2.61 bits per heavy atom. The standard InChI is InChI=1S/C27H29N3O3/c1-18-6-5-14-29(17-18)25-24(19-9-11-21(33-2)12-10-19)26(31)30(27(25)32)15-13-20-16-28-23-8-4-3-7-22(20)23/h3-4,7-12,16,18,28H,5-6,13-15,17H2,1-2H3. The summed E-state index contributed by atoms with van der Waals surface area (Å²) in [6, 6.07) is 15.5. The molecular weight excluding hydrogens is 414 g/mol. The molecule has 2 aliphatic rings. The number of rotatable bonds is 6. The van der Waals surface area contributed by atoms with Gasteiger partial charge in [-0.05, 0) is 54.5 Å². The highest BCUT2D eigenvalue weighted by Gasteiger charge is 2.42. The van der Waals surface area contributed by atoms with Crippen molar-refractivity contribution in [1.82, 2.24) is 14.8 Å². The Bertz CT molecular complexity index is 1220. The summed E-state index contributed by atoms with van der Waals surface area (Å²) in [7, 11) is 1.62. The first-order valence-electron chi connectivity index (χ1n) is 11.6. The second kappa shape index (κ2) is 8.77. The van der Waals surface area contributed by atoms with Crippen molar-refractivity contribution in [3.8, 4) is 5.75 Å². The van der Waals surface area contributed by atoms with Gasteiger partial charge in [-0.15, -0.1) is 0 Å². The second-order valence-corrected chi connectivity index (χ2v) is 9.02. The van der Waals surface area contributed by atoms with Gasteiger partial charge in [0.15, 0.2) is 0 Å². The lowest BCUT2D eigenvalue weighted by molar-refractivity contribution is -0.137. The Balaban J connectivity index is 1.46. The van der Waals surface area contributed by atoms with E-state index >= 15 is 0 Å². The highest BCUT2D eigenvalue weighted by Crippen LogP contribution is 2.35. The van der Waals surface area contributed by atoms with E-state index in [2.05, 4.69) is 22.9 Å². The van der Waals surface area contributed by atoms with Crippen molar-refractivity contribution < 1.29 is 14.3 Å². The van der Waals surface area contributed by atoms with E-state index in [1.165, 1.54) is 4.90 Å². The van der Waals surface area contributed by atoms with Crippen LogP contribution in [0, 0.1) is 5.92 Å². The summed E-state index contributed by atoms with van der Waals surface area (Å²) in [5, 5.41) is 1.13. The first-order valence-corrected chi connectivity index (χ1v) is 11.6. The molecule has 5 rings (SSSR count). The number of nitrogens with zero attached hydrogens (tertiary/aromatic N) is 2. The highest BCUT2D eigenvalue weighted by molar-refractivity contribution is 6.35.